The molecule has 0 bridgehead atoms. The van der Waals surface area contributed by atoms with Crippen LogP contribution in [0.3, 0.4) is 0 Å². The number of aryl methyl sites for hydroxylation is 1. The Bertz CT molecular complexity index is 676. The van der Waals surface area contributed by atoms with E-state index >= 15 is 0 Å². The summed E-state index contributed by atoms with van der Waals surface area (Å²) in [6.07, 6.45) is 1.00. The zero-order valence-electron chi connectivity index (χ0n) is 11.7. The van der Waals surface area contributed by atoms with E-state index in [-0.39, 0.29) is 0 Å². The number of carbonyl (C=O) groups is 1. The summed E-state index contributed by atoms with van der Waals surface area (Å²) in [5, 5.41) is 3.48. The van der Waals surface area contributed by atoms with Gasteiger partial charge in [0.05, 0.1) is 22.0 Å². The van der Waals surface area contributed by atoms with Crippen LogP contribution < -0.4 is 11.1 Å². The summed E-state index contributed by atoms with van der Waals surface area (Å²) in [7, 11) is 0. The minimum Gasteiger partial charge on any atom is -0.444 e. The molecule has 0 saturated carbocycles. The monoisotopic (exact) mass is 357 g/mol. The molecule has 108 valence electrons. The summed E-state index contributed by atoms with van der Waals surface area (Å²) in [6, 6.07) is 0. The average molecular weight is 358 g/mol. The Hall–Kier alpha value is -1.34. The second-order valence-electron chi connectivity index (χ2n) is 5.37. The molecule has 0 saturated heterocycles. The molecule has 0 aliphatic carbocycles. The van der Waals surface area contributed by atoms with Crippen LogP contribution in [0.15, 0.2) is 10.7 Å². The molecule has 7 heteroatoms. The van der Waals surface area contributed by atoms with Crippen molar-refractivity contribution in [2.24, 2.45) is 0 Å². The van der Waals surface area contributed by atoms with Crippen LogP contribution in [0.1, 0.15) is 25.6 Å². The zero-order chi connectivity index (χ0) is 15.1. The van der Waals surface area contributed by atoms with Gasteiger partial charge in [-0.1, -0.05) is 0 Å². The number of amides is 1. The second kappa shape index (κ2) is 5.21. The summed E-state index contributed by atoms with van der Waals surface area (Å²) >= 11 is 5.07. The van der Waals surface area contributed by atoms with Gasteiger partial charge in [-0.25, -0.2) is 9.78 Å². The predicted octanol–water partition coefficient (Wildman–Crippen LogP) is 4.30. The lowest BCUT2D eigenvalue weighted by Gasteiger charge is -2.19. The van der Waals surface area contributed by atoms with Crippen LogP contribution in [-0.2, 0) is 4.74 Å². The number of aromatic nitrogens is 1. The number of ether oxygens (including phenoxy) is 1. The largest absolute Gasteiger partial charge is 0.444 e. The maximum atomic E-state index is 11.9. The van der Waals surface area contributed by atoms with Gasteiger partial charge in [0.25, 0.3) is 0 Å². The van der Waals surface area contributed by atoms with Crippen LogP contribution in [0, 0.1) is 6.92 Å². The third-order valence-corrected chi connectivity index (χ3v) is 4.87. The van der Waals surface area contributed by atoms with Gasteiger partial charge >= 0.3 is 6.09 Å². The lowest BCUT2D eigenvalue weighted by molar-refractivity contribution is 0.0635. The van der Waals surface area contributed by atoms with Crippen LogP contribution in [0.4, 0.5) is 16.3 Å². The van der Waals surface area contributed by atoms with Gasteiger partial charge in [0, 0.05) is 9.35 Å². The Balaban J connectivity index is 2.41. The first-order valence-corrected chi connectivity index (χ1v) is 7.63. The maximum absolute atomic E-state index is 11.9. The molecule has 2 aromatic rings. The number of hydrogen-bond acceptors (Lipinski definition) is 5. The van der Waals surface area contributed by atoms with E-state index in [0.29, 0.717) is 11.5 Å². The lowest BCUT2D eigenvalue weighted by atomic mass is 10.2. The van der Waals surface area contributed by atoms with Crippen molar-refractivity contribution in [3.05, 3.63) is 15.5 Å². The van der Waals surface area contributed by atoms with E-state index in [2.05, 4.69) is 26.2 Å². The molecule has 0 radical (unpaired) electrons. The molecule has 2 rings (SSSR count). The van der Waals surface area contributed by atoms with E-state index in [0.717, 1.165) is 19.4 Å². The molecule has 0 spiro atoms. The molecule has 2 heterocycles. The number of anilines is 2. The molecular weight excluding hydrogens is 342 g/mol. The van der Waals surface area contributed by atoms with Gasteiger partial charge < -0.3 is 10.5 Å². The molecule has 2 aromatic heterocycles. The molecule has 20 heavy (non-hydrogen) atoms. The number of nitrogens with two attached hydrogens (primary N) is 1. The van der Waals surface area contributed by atoms with E-state index in [1.165, 1.54) is 6.20 Å². The van der Waals surface area contributed by atoms with Crippen molar-refractivity contribution in [2.45, 2.75) is 33.3 Å². The Morgan fingerprint density at radius 2 is 2.15 bits per heavy atom. The van der Waals surface area contributed by atoms with Crippen LogP contribution in [0.25, 0.3) is 10.1 Å². The standard InChI is InChI=1S/C13H16BrN3O2S/c1-6-9(14)8-10(20-6)7(15)5-16-11(8)17-12(18)19-13(2,3)4/h5H,15H2,1-4H3,(H,16,17,18). The van der Waals surface area contributed by atoms with Crippen molar-refractivity contribution in [3.63, 3.8) is 0 Å². The Morgan fingerprint density at radius 3 is 2.75 bits per heavy atom. The first-order valence-electron chi connectivity index (χ1n) is 6.02. The van der Waals surface area contributed by atoms with Gasteiger partial charge in [-0.3, -0.25) is 5.32 Å². The van der Waals surface area contributed by atoms with Crippen LogP contribution in [-0.4, -0.2) is 16.7 Å². The number of rotatable bonds is 1. The molecule has 1 amide bonds. The second-order valence-corrected chi connectivity index (χ2v) is 7.38. The van der Waals surface area contributed by atoms with Gasteiger partial charge in [-0.05, 0) is 43.6 Å². The molecule has 0 aliphatic rings. The third-order valence-electron chi connectivity index (χ3n) is 2.46. The summed E-state index contributed by atoms with van der Waals surface area (Å²) in [5.74, 6) is 0.444. The fraction of sp³-hybridized carbons (Fsp3) is 0.385. The first kappa shape index (κ1) is 15.1. The Kier molecular flexibility index (Phi) is 3.93. The predicted molar refractivity (Wildman–Crippen MR) is 86.3 cm³/mol. The average Bonchev–Trinajstić information content (AvgIpc) is 2.58. The summed E-state index contributed by atoms with van der Waals surface area (Å²) in [5.41, 5.74) is 5.96. The quantitative estimate of drug-likeness (QED) is 0.797. The van der Waals surface area contributed by atoms with Crippen molar-refractivity contribution in [3.8, 4) is 0 Å². The minimum atomic E-state index is -0.557. The number of nitrogens with zero attached hydrogens (tertiary/aromatic N) is 1. The fourth-order valence-electron chi connectivity index (χ4n) is 1.69. The highest BCUT2D eigenvalue weighted by atomic mass is 79.9. The Morgan fingerprint density at radius 1 is 1.50 bits per heavy atom. The molecule has 0 atom stereocenters. The highest BCUT2D eigenvalue weighted by molar-refractivity contribution is 9.10. The molecular formula is C13H16BrN3O2S. The normalized spacial score (nSPS) is 11.7. The maximum Gasteiger partial charge on any atom is 0.413 e. The summed E-state index contributed by atoms with van der Waals surface area (Å²) in [4.78, 5) is 17.1. The molecule has 0 aromatic carbocycles. The van der Waals surface area contributed by atoms with E-state index in [4.69, 9.17) is 10.5 Å². The van der Waals surface area contributed by atoms with E-state index < -0.39 is 11.7 Å². The minimum absolute atomic E-state index is 0.444. The SMILES string of the molecule is Cc1sc2c(N)cnc(NC(=O)OC(C)(C)C)c2c1Br. The fourth-order valence-corrected chi connectivity index (χ4v) is 3.42. The number of hydrogen-bond donors (Lipinski definition) is 2. The number of carbonyl (C=O) groups excluding carboxylic acids is 1. The van der Waals surface area contributed by atoms with E-state index in [1.807, 2.05) is 27.7 Å². The number of pyridine rings is 1. The molecule has 3 N–H and O–H groups in total. The number of fused-ring (bicyclic) bond motifs is 1. The molecule has 0 aliphatic heterocycles. The van der Waals surface area contributed by atoms with Gasteiger partial charge in [-0.2, -0.15) is 0 Å². The first-order chi connectivity index (χ1) is 9.19. The third kappa shape index (κ3) is 3.04. The van der Waals surface area contributed by atoms with E-state index in [9.17, 15) is 4.79 Å². The van der Waals surface area contributed by atoms with Crippen molar-refractivity contribution in [2.75, 3.05) is 11.1 Å². The molecule has 0 fully saturated rings. The zero-order valence-corrected chi connectivity index (χ0v) is 14.1. The van der Waals surface area contributed by atoms with Crippen LogP contribution >= 0.6 is 27.3 Å². The van der Waals surface area contributed by atoms with Crippen molar-refractivity contribution < 1.29 is 9.53 Å². The van der Waals surface area contributed by atoms with Crippen molar-refractivity contribution >= 4 is 55.0 Å². The number of nitrogens with one attached hydrogen (secondary N) is 1. The van der Waals surface area contributed by atoms with Crippen LogP contribution in [0.2, 0.25) is 0 Å². The summed E-state index contributed by atoms with van der Waals surface area (Å²) < 4.78 is 7.02. The number of thiophene rings is 1. The van der Waals surface area contributed by atoms with Gasteiger partial charge in [-0.15, -0.1) is 11.3 Å². The smallest absolute Gasteiger partial charge is 0.413 e. The van der Waals surface area contributed by atoms with Gasteiger partial charge in [0.2, 0.25) is 0 Å². The topological polar surface area (TPSA) is 77.2 Å². The van der Waals surface area contributed by atoms with Crippen molar-refractivity contribution in [1.82, 2.24) is 4.98 Å². The van der Waals surface area contributed by atoms with Gasteiger partial charge in [0.1, 0.15) is 11.4 Å². The van der Waals surface area contributed by atoms with Gasteiger partial charge in [0.15, 0.2) is 0 Å². The highest BCUT2D eigenvalue weighted by Crippen LogP contribution is 2.41. The Labute approximate surface area is 129 Å². The lowest BCUT2D eigenvalue weighted by Crippen LogP contribution is -2.27. The number of nitrogen functional groups attached to an aromatic ring is 1. The van der Waals surface area contributed by atoms with Crippen LogP contribution in [0.5, 0.6) is 0 Å². The molecule has 0 unspecified atom stereocenters. The van der Waals surface area contributed by atoms with Crippen molar-refractivity contribution in [1.29, 1.82) is 0 Å². The summed E-state index contributed by atoms with van der Waals surface area (Å²) in [6.45, 7) is 7.40. The highest BCUT2D eigenvalue weighted by Gasteiger charge is 2.20. The van der Waals surface area contributed by atoms with E-state index in [1.54, 1.807) is 11.3 Å². The number of halogens is 1. The molecule has 5 nitrogen and oxygen atoms in total.